The van der Waals surface area contributed by atoms with Gasteiger partial charge in [-0.05, 0) is 11.4 Å². The lowest BCUT2D eigenvalue weighted by Crippen LogP contribution is -2.39. The third-order valence-corrected chi connectivity index (χ3v) is 2.99. The van der Waals surface area contributed by atoms with E-state index in [1.807, 2.05) is 11.4 Å². The van der Waals surface area contributed by atoms with Gasteiger partial charge in [0.1, 0.15) is 0 Å². The number of nitrogens with one attached hydrogen (secondary N) is 1. The van der Waals surface area contributed by atoms with Crippen molar-refractivity contribution in [1.29, 1.82) is 0 Å². The molecule has 1 aliphatic rings. The lowest BCUT2D eigenvalue weighted by atomic mass is 10.3. The fourth-order valence-electron chi connectivity index (χ4n) is 1.36. The van der Waals surface area contributed by atoms with Gasteiger partial charge in [0.2, 0.25) is 0 Å². The molecule has 1 fully saturated rings. The second kappa shape index (κ2) is 5.25. The predicted octanol–water partition coefficient (Wildman–Crippen LogP) is 0.893. The van der Waals surface area contributed by atoms with Crippen molar-refractivity contribution >= 4 is 17.2 Å². The first-order valence-corrected chi connectivity index (χ1v) is 5.75. The van der Waals surface area contributed by atoms with Gasteiger partial charge >= 0.3 is 0 Å². The largest absolute Gasteiger partial charge is 0.376 e. The maximum Gasteiger partial charge on any atom is 0.261 e. The van der Waals surface area contributed by atoms with Crippen LogP contribution in [0.5, 0.6) is 0 Å². The summed E-state index contributed by atoms with van der Waals surface area (Å²) >= 11 is 1.43. The summed E-state index contributed by atoms with van der Waals surface area (Å²) in [5.74, 6) is -0.0424. The Bertz CT molecular complexity index is 306. The second-order valence-corrected chi connectivity index (χ2v) is 4.20. The summed E-state index contributed by atoms with van der Waals surface area (Å²) in [5, 5.41) is 4.71. The minimum absolute atomic E-state index is 0.0114. The van der Waals surface area contributed by atoms with Crippen LogP contribution in [0.25, 0.3) is 0 Å². The van der Waals surface area contributed by atoms with E-state index in [0.29, 0.717) is 26.4 Å². The number of ether oxygens (including phenoxy) is 2. The van der Waals surface area contributed by atoms with Crippen LogP contribution in [0.15, 0.2) is 17.5 Å². The van der Waals surface area contributed by atoms with Gasteiger partial charge in [-0.15, -0.1) is 11.3 Å². The molecule has 1 N–H and O–H groups in total. The highest BCUT2D eigenvalue weighted by atomic mass is 32.1. The molecule has 1 amide bonds. The van der Waals surface area contributed by atoms with Gasteiger partial charge in [0.15, 0.2) is 0 Å². The van der Waals surface area contributed by atoms with Gasteiger partial charge < -0.3 is 14.8 Å². The molecule has 15 heavy (non-hydrogen) atoms. The van der Waals surface area contributed by atoms with E-state index in [0.717, 1.165) is 4.88 Å². The first-order valence-electron chi connectivity index (χ1n) is 4.87. The molecule has 2 heterocycles. The highest BCUT2D eigenvalue weighted by Gasteiger charge is 2.15. The molecule has 82 valence electrons. The van der Waals surface area contributed by atoms with Crippen molar-refractivity contribution in [3.8, 4) is 0 Å². The van der Waals surface area contributed by atoms with E-state index in [4.69, 9.17) is 9.47 Å². The van der Waals surface area contributed by atoms with E-state index in [1.165, 1.54) is 11.3 Å². The average molecular weight is 227 g/mol. The summed E-state index contributed by atoms with van der Waals surface area (Å²) in [6.45, 7) is 2.33. The Hall–Kier alpha value is -0.910. The summed E-state index contributed by atoms with van der Waals surface area (Å²) in [6.07, 6.45) is -0.0114. The van der Waals surface area contributed by atoms with Gasteiger partial charge in [0.25, 0.3) is 5.91 Å². The lowest BCUT2D eigenvalue weighted by molar-refractivity contribution is -0.0855. The van der Waals surface area contributed by atoms with Gasteiger partial charge in [-0.3, -0.25) is 4.79 Å². The van der Waals surface area contributed by atoms with Crippen LogP contribution in [0, 0.1) is 0 Å². The molecule has 0 radical (unpaired) electrons. The van der Waals surface area contributed by atoms with Crippen LogP contribution >= 0.6 is 11.3 Å². The Kier molecular flexibility index (Phi) is 3.71. The number of carbonyl (C=O) groups excluding carboxylic acids is 1. The molecule has 1 atom stereocenters. The van der Waals surface area contributed by atoms with Gasteiger partial charge in [-0.2, -0.15) is 0 Å². The van der Waals surface area contributed by atoms with Crippen molar-refractivity contribution in [3.05, 3.63) is 22.4 Å². The summed E-state index contributed by atoms with van der Waals surface area (Å²) in [6, 6.07) is 3.66. The minimum Gasteiger partial charge on any atom is -0.376 e. The van der Waals surface area contributed by atoms with Crippen molar-refractivity contribution < 1.29 is 14.3 Å². The monoisotopic (exact) mass is 227 g/mol. The number of carbonyl (C=O) groups is 1. The number of hydrogen-bond donors (Lipinski definition) is 1. The van der Waals surface area contributed by atoms with Crippen LogP contribution in [0.2, 0.25) is 0 Å². The van der Waals surface area contributed by atoms with Crippen molar-refractivity contribution in [3.63, 3.8) is 0 Å². The van der Waals surface area contributed by atoms with Crippen LogP contribution in [-0.2, 0) is 9.47 Å². The van der Waals surface area contributed by atoms with E-state index in [2.05, 4.69) is 5.32 Å². The Labute approximate surface area is 92.2 Å². The zero-order valence-corrected chi connectivity index (χ0v) is 9.09. The zero-order chi connectivity index (χ0) is 10.5. The van der Waals surface area contributed by atoms with Gasteiger partial charge in [0.05, 0.1) is 30.8 Å². The summed E-state index contributed by atoms with van der Waals surface area (Å²) in [7, 11) is 0. The van der Waals surface area contributed by atoms with Gasteiger partial charge in [0, 0.05) is 6.54 Å². The van der Waals surface area contributed by atoms with Gasteiger partial charge in [-0.25, -0.2) is 0 Å². The molecule has 1 unspecified atom stereocenters. The van der Waals surface area contributed by atoms with Crippen molar-refractivity contribution in [2.45, 2.75) is 6.10 Å². The first-order chi connectivity index (χ1) is 7.36. The summed E-state index contributed by atoms with van der Waals surface area (Å²) in [5.41, 5.74) is 0. The van der Waals surface area contributed by atoms with Crippen molar-refractivity contribution in [2.24, 2.45) is 0 Å². The summed E-state index contributed by atoms with van der Waals surface area (Å²) < 4.78 is 10.6. The van der Waals surface area contributed by atoms with E-state index in [1.54, 1.807) is 6.07 Å². The average Bonchev–Trinajstić information content (AvgIpc) is 2.81. The van der Waals surface area contributed by atoms with E-state index >= 15 is 0 Å². The Morgan fingerprint density at radius 3 is 3.20 bits per heavy atom. The van der Waals surface area contributed by atoms with E-state index in [-0.39, 0.29) is 12.0 Å². The predicted molar refractivity (Wildman–Crippen MR) is 57.2 cm³/mol. The van der Waals surface area contributed by atoms with E-state index in [9.17, 15) is 4.79 Å². The van der Waals surface area contributed by atoms with Crippen LogP contribution in [-0.4, -0.2) is 38.4 Å². The molecule has 4 nitrogen and oxygen atoms in total. The summed E-state index contributed by atoms with van der Waals surface area (Å²) in [4.78, 5) is 12.3. The van der Waals surface area contributed by atoms with Crippen LogP contribution in [0.3, 0.4) is 0 Å². The molecule has 0 bridgehead atoms. The van der Waals surface area contributed by atoms with Gasteiger partial charge in [-0.1, -0.05) is 6.07 Å². The Morgan fingerprint density at radius 2 is 2.53 bits per heavy atom. The molecule has 5 heteroatoms. The number of hydrogen-bond acceptors (Lipinski definition) is 4. The molecule has 0 aliphatic carbocycles. The number of rotatable bonds is 3. The smallest absolute Gasteiger partial charge is 0.261 e. The molecule has 2 rings (SSSR count). The molecule has 1 saturated heterocycles. The molecular formula is C10H13NO3S. The molecule has 1 aromatic heterocycles. The van der Waals surface area contributed by atoms with Crippen molar-refractivity contribution in [1.82, 2.24) is 5.32 Å². The number of thiophene rings is 1. The molecule has 1 aromatic rings. The van der Waals surface area contributed by atoms with Crippen molar-refractivity contribution in [2.75, 3.05) is 26.4 Å². The Morgan fingerprint density at radius 1 is 1.60 bits per heavy atom. The minimum atomic E-state index is -0.0424. The maximum absolute atomic E-state index is 11.6. The molecule has 0 aromatic carbocycles. The zero-order valence-electron chi connectivity index (χ0n) is 8.27. The molecule has 0 spiro atoms. The SMILES string of the molecule is O=C(NCC1COCCO1)c1cccs1. The molecule has 0 saturated carbocycles. The Balaban J connectivity index is 1.75. The van der Waals surface area contributed by atoms with E-state index < -0.39 is 0 Å². The lowest BCUT2D eigenvalue weighted by Gasteiger charge is -2.22. The maximum atomic E-state index is 11.6. The highest BCUT2D eigenvalue weighted by Crippen LogP contribution is 2.08. The van der Waals surface area contributed by atoms with Crippen LogP contribution in [0.4, 0.5) is 0 Å². The highest BCUT2D eigenvalue weighted by molar-refractivity contribution is 7.12. The fraction of sp³-hybridized carbons (Fsp3) is 0.500. The quantitative estimate of drug-likeness (QED) is 0.834. The second-order valence-electron chi connectivity index (χ2n) is 3.26. The van der Waals surface area contributed by atoms with Crippen LogP contribution in [0.1, 0.15) is 9.67 Å². The number of amides is 1. The topological polar surface area (TPSA) is 47.6 Å². The third-order valence-electron chi connectivity index (χ3n) is 2.12. The molecular weight excluding hydrogens is 214 g/mol. The first kappa shape index (κ1) is 10.6. The molecule has 1 aliphatic heterocycles. The van der Waals surface area contributed by atoms with Crippen LogP contribution < -0.4 is 5.32 Å². The normalized spacial score (nSPS) is 21.2. The fourth-order valence-corrected chi connectivity index (χ4v) is 2.00. The third kappa shape index (κ3) is 3.02. The standard InChI is InChI=1S/C10H13NO3S/c12-10(9-2-1-5-15-9)11-6-8-7-13-3-4-14-8/h1-2,5,8H,3-4,6-7H2,(H,11,12).